The number of hydrogen-bond donors (Lipinski definition) is 1. The summed E-state index contributed by atoms with van der Waals surface area (Å²) in [4.78, 5) is 24.2. The molecule has 2 heterocycles. The maximum absolute atomic E-state index is 12.4. The van der Waals surface area contributed by atoms with E-state index in [0.29, 0.717) is 17.4 Å². The molecule has 2 aromatic heterocycles. The molecule has 0 fully saturated rings. The van der Waals surface area contributed by atoms with E-state index < -0.39 is 11.9 Å². The first-order chi connectivity index (χ1) is 13.0. The first-order valence-electron chi connectivity index (χ1n) is 8.26. The Hall–Kier alpha value is -3.13. The molecule has 1 N–H and O–H groups in total. The summed E-state index contributed by atoms with van der Waals surface area (Å²) in [5, 5.41) is 11.7. The second kappa shape index (κ2) is 8.05. The first kappa shape index (κ1) is 18.7. The van der Waals surface area contributed by atoms with Gasteiger partial charge in [0.1, 0.15) is 5.69 Å². The average Bonchev–Trinajstić information content (AvgIpc) is 3.23. The van der Waals surface area contributed by atoms with Gasteiger partial charge in [0.25, 0.3) is 5.91 Å². The summed E-state index contributed by atoms with van der Waals surface area (Å²) in [6.07, 6.45) is 1.76. The van der Waals surface area contributed by atoms with E-state index in [4.69, 9.17) is 16.3 Å². The highest BCUT2D eigenvalue weighted by molar-refractivity contribution is 6.30. The fourth-order valence-corrected chi connectivity index (χ4v) is 2.57. The van der Waals surface area contributed by atoms with Gasteiger partial charge < -0.3 is 10.1 Å². The zero-order chi connectivity index (χ0) is 19.4. The summed E-state index contributed by atoms with van der Waals surface area (Å²) in [6.45, 7) is 2.50. The molecule has 0 unspecified atom stereocenters. The third-order valence-corrected chi connectivity index (χ3v) is 3.99. The SMILES string of the molecule is CCOC(=O)c1cc(C(=O)Nc2ccn(Cc3ccc(Cl)cc3)n2)nn1C. The summed E-state index contributed by atoms with van der Waals surface area (Å²) in [5.41, 5.74) is 1.34. The van der Waals surface area contributed by atoms with Crippen LogP contribution >= 0.6 is 11.6 Å². The van der Waals surface area contributed by atoms with Crippen molar-refractivity contribution in [1.29, 1.82) is 0 Å². The van der Waals surface area contributed by atoms with Crippen molar-refractivity contribution in [2.24, 2.45) is 7.05 Å². The van der Waals surface area contributed by atoms with Crippen LogP contribution in [0.25, 0.3) is 0 Å². The molecule has 0 bridgehead atoms. The van der Waals surface area contributed by atoms with Gasteiger partial charge in [0.2, 0.25) is 0 Å². The number of carbonyl (C=O) groups excluding carboxylic acids is 2. The van der Waals surface area contributed by atoms with Crippen molar-refractivity contribution in [3.63, 3.8) is 0 Å². The third kappa shape index (κ3) is 4.53. The number of halogens is 1. The second-order valence-electron chi connectivity index (χ2n) is 5.74. The van der Waals surface area contributed by atoms with E-state index in [1.165, 1.54) is 10.7 Å². The summed E-state index contributed by atoms with van der Waals surface area (Å²) in [7, 11) is 1.57. The molecule has 9 heteroatoms. The number of ether oxygens (including phenoxy) is 1. The molecule has 3 rings (SSSR count). The molecule has 0 saturated carbocycles. The Labute approximate surface area is 160 Å². The topological polar surface area (TPSA) is 91.0 Å². The Balaban J connectivity index is 1.66. The normalized spacial score (nSPS) is 10.6. The van der Waals surface area contributed by atoms with Crippen molar-refractivity contribution in [3.05, 3.63) is 64.6 Å². The lowest BCUT2D eigenvalue weighted by atomic mass is 10.2. The third-order valence-electron chi connectivity index (χ3n) is 3.74. The van der Waals surface area contributed by atoms with Gasteiger partial charge in [-0.2, -0.15) is 10.2 Å². The van der Waals surface area contributed by atoms with Gasteiger partial charge in [-0.25, -0.2) is 4.79 Å². The van der Waals surface area contributed by atoms with Crippen molar-refractivity contribution >= 4 is 29.3 Å². The number of nitrogens with zero attached hydrogens (tertiary/aromatic N) is 4. The number of rotatable bonds is 6. The first-order valence-corrected chi connectivity index (χ1v) is 8.64. The average molecular weight is 388 g/mol. The molecule has 27 heavy (non-hydrogen) atoms. The van der Waals surface area contributed by atoms with Crippen molar-refractivity contribution in [3.8, 4) is 0 Å². The van der Waals surface area contributed by atoms with E-state index in [0.717, 1.165) is 5.56 Å². The Morgan fingerprint density at radius 2 is 1.93 bits per heavy atom. The lowest BCUT2D eigenvalue weighted by molar-refractivity contribution is 0.0513. The highest BCUT2D eigenvalue weighted by Gasteiger charge is 2.19. The maximum Gasteiger partial charge on any atom is 0.356 e. The van der Waals surface area contributed by atoms with Crippen molar-refractivity contribution < 1.29 is 14.3 Å². The van der Waals surface area contributed by atoms with Gasteiger partial charge in [0.15, 0.2) is 11.5 Å². The van der Waals surface area contributed by atoms with Gasteiger partial charge in [0.05, 0.1) is 13.2 Å². The molecule has 0 aliphatic rings. The van der Waals surface area contributed by atoms with E-state index in [9.17, 15) is 9.59 Å². The fraction of sp³-hybridized carbons (Fsp3) is 0.222. The number of esters is 1. The predicted octanol–water partition coefficient (Wildman–Crippen LogP) is 2.75. The molecule has 0 aliphatic carbocycles. The second-order valence-corrected chi connectivity index (χ2v) is 6.17. The quantitative estimate of drug-likeness (QED) is 0.657. The summed E-state index contributed by atoms with van der Waals surface area (Å²) < 4.78 is 7.94. The molecular formula is C18H18ClN5O3. The molecular weight excluding hydrogens is 370 g/mol. The van der Waals surface area contributed by atoms with Crippen LogP contribution in [0.4, 0.5) is 5.82 Å². The Bertz CT molecular complexity index is 962. The minimum Gasteiger partial charge on any atom is -0.461 e. The van der Waals surface area contributed by atoms with Crippen LogP contribution in [0.3, 0.4) is 0 Å². The number of hydrogen-bond acceptors (Lipinski definition) is 5. The number of aryl methyl sites for hydroxylation is 1. The Kier molecular flexibility index (Phi) is 5.56. The minimum absolute atomic E-state index is 0.104. The molecule has 3 aromatic rings. The van der Waals surface area contributed by atoms with Gasteiger partial charge in [0, 0.05) is 30.4 Å². The largest absolute Gasteiger partial charge is 0.461 e. The van der Waals surface area contributed by atoms with Gasteiger partial charge in [-0.15, -0.1) is 0 Å². The molecule has 1 aromatic carbocycles. The lowest BCUT2D eigenvalue weighted by Crippen LogP contribution is -2.14. The van der Waals surface area contributed by atoms with Gasteiger partial charge >= 0.3 is 5.97 Å². The van der Waals surface area contributed by atoms with E-state index in [1.54, 1.807) is 30.9 Å². The number of carbonyl (C=O) groups is 2. The predicted molar refractivity (Wildman–Crippen MR) is 99.9 cm³/mol. The van der Waals surface area contributed by atoms with Crippen LogP contribution in [0, 0.1) is 0 Å². The van der Waals surface area contributed by atoms with Gasteiger partial charge in [-0.1, -0.05) is 23.7 Å². The molecule has 0 spiro atoms. The number of aromatic nitrogens is 4. The summed E-state index contributed by atoms with van der Waals surface area (Å²) in [5.74, 6) is -0.603. The minimum atomic E-state index is -0.529. The molecule has 0 atom stereocenters. The lowest BCUT2D eigenvalue weighted by Gasteiger charge is -2.02. The summed E-state index contributed by atoms with van der Waals surface area (Å²) in [6, 6.07) is 10.5. The molecule has 140 valence electrons. The van der Waals surface area contributed by atoms with Gasteiger partial charge in [-0.3, -0.25) is 14.2 Å². The molecule has 0 radical (unpaired) electrons. The van der Waals surface area contributed by atoms with Crippen LogP contribution in [-0.4, -0.2) is 38.0 Å². The number of nitrogens with one attached hydrogen (secondary N) is 1. The molecule has 0 saturated heterocycles. The Morgan fingerprint density at radius 3 is 2.63 bits per heavy atom. The highest BCUT2D eigenvalue weighted by atomic mass is 35.5. The number of benzene rings is 1. The standard InChI is InChI=1S/C18H18ClN5O3/c1-3-27-18(26)15-10-14(21-23(15)2)17(25)20-16-8-9-24(22-16)11-12-4-6-13(19)7-5-12/h4-10H,3,11H2,1-2H3,(H,20,22,25). The van der Waals surface area contributed by atoms with E-state index >= 15 is 0 Å². The van der Waals surface area contributed by atoms with Crippen LogP contribution < -0.4 is 5.32 Å². The van der Waals surface area contributed by atoms with E-state index in [1.807, 2.05) is 24.3 Å². The molecule has 0 aliphatic heterocycles. The molecule has 1 amide bonds. The highest BCUT2D eigenvalue weighted by Crippen LogP contribution is 2.12. The Morgan fingerprint density at radius 1 is 1.19 bits per heavy atom. The van der Waals surface area contributed by atoms with Crippen molar-refractivity contribution in [2.45, 2.75) is 13.5 Å². The van der Waals surface area contributed by atoms with Crippen LogP contribution in [-0.2, 0) is 18.3 Å². The van der Waals surface area contributed by atoms with E-state index in [2.05, 4.69) is 15.5 Å². The van der Waals surface area contributed by atoms with Crippen LogP contribution in [0.5, 0.6) is 0 Å². The van der Waals surface area contributed by atoms with Gasteiger partial charge in [-0.05, 0) is 24.6 Å². The van der Waals surface area contributed by atoms with Crippen LogP contribution in [0.2, 0.25) is 5.02 Å². The van der Waals surface area contributed by atoms with Crippen LogP contribution in [0.15, 0.2) is 42.6 Å². The number of amides is 1. The zero-order valence-electron chi connectivity index (χ0n) is 14.8. The van der Waals surface area contributed by atoms with E-state index in [-0.39, 0.29) is 18.0 Å². The summed E-state index contributed by atoms with van der Waals surface area (Å²) >= 11 is 5.88. The fourth-order valence-electron chi connectivity index (χ4n) is 2.45. The van der Waals surface area contributed by atoms with Crippen molar-refractivity contribution in [2.75, 3.05) is 11.9 Å². The molecule has 8 nitrogen and oxygen atoms in total. The monoisotopic (exact) mass is 387 g/mol. The zero-order valence-corrected chi connectivity index (χ0v) is 15.6. The van der Waals surface area contributed by atoms with Crippen molar-refractivity contribution in [1.82, 2.24) is 19.6 Å². The number of anilines is 1. The van der Waals surface area contributed by atoms with Crippen LogP contribution in [0.1, 0.15) is 33.5 Å². The maximum atomic E-state index is 12.4. The smallest absolute Gasteiger partial charge is 0.356 e.